The normalized spacial score (nSPS) is 26.1. The van der Waals surface area contributed by atoms with Crippen molar-refractivity contribution in [3.63, 3.8) is 0 Å². The lowest BCUT2D eigenvalue weighted by atomic mass is 9.88. The highest BCUT2D eigenvalue weighted by Crippen LogP contribution is 2.35. The summed E-state index contributed by atoms with van der Waals surface area (Å²) in [5.41, 5.74) is 9.65. The molecule has 7 nitrogen and oxygen atoms in total. The molecule has 0 spiro atoms. The summed E-state index contributed by atoms with van der Waals surface area (Å²) >= 11 is 0. The van der Waals surface area contributed by atoms with E-state index in [4.69, 9.17) is 5.73 Å². The molecule has 2 aliphatic rings. The van der Waals surface area contributed by atoms with Crippen LogP contribution in [0.2, 0.25) is 0 Å². The number of nitrogens with two attached hydrogens (primary N) is 1. The van der Waals surface area contributed by atoms with Crippen molar-refractivity contribution in [2.24, 2.45) is 5.73 Å². The molecule has 0 saturated carbocycles. The molecule has 5 rings (SSSR count). The average Bonchev–Trinajstić information content (AvgIpc) is 3.22. The average molecular weight is 385 g/mol. The quantitative estimate of drug-likeness (QED) is 0.720. The molecule has 3 aromatic rings. The van der Waals surface area contributed by atoms with Crippen molar-refractivity contribution in [1.29, 1.82) is 0 Å². The van der Waals surface area contributed by atoms with Crippen LogP contribution in [-0.4, -0.2) is 55.3 Å². The van der Waals surface area contributed by atoms with Gasteiger partial charge < -0.3 is 5.73 Å². The molecule has 0 amide bonds. The van der Waals surface area contributed by atoms with Crippen LogP contribution in [0.4, 0.5) is 8.78 Å². The number of rotatable bonds is 2. The molecule has 28 heavy (non-hydrogen) atoms. The van der Waals surface area contributed by atoms with E-state index in [0.29, 0.717) is 18.5 Å². The molecule has 3 atom stereocenters. The summed E-state index contributed by atoms with van der Waals surface area (Å²) in [5, 5.41) is 8.72. The van der Waals surface area contributed by atoms with Gasteiger partial charge in [0.05, 0.1) is 17.9 Å². The molecule has 1 aromatic carbocycles. The second-order valence-electron chi connectivity index (χ2n) is 7.69. The molecule has 2 aliphatic heterocycles. The Balaban J connectivity index is 1.36. The molecule has 2 aromatic heterocycles. The molecule has 0 aliphatic carbocycles. The van der Waals surface area contributed by atoms with Crippen LogP contribution >= 0.6 is 0 Å². The molecular formula is C19H21F2N7. The summed E-state index contributed by atoms with van der Waals surface area (Å²) in [6, 6.07) is 3.13. The van der Waals surface area contributed by atoms with Crippen molar-refractivity contribution in [2.75, 3.05) is 13.6 Å². The second-order valence-corrected chi connectivity index (χ2v) is 7.69. The van der Waals surface area contributed by atoms with Crippen LogP contribution in [0.15, 0.2) is 30.6 Å². The van der Waals surface area contributed by atoms with E-state index in [1.54, 1.807) is 17.0 Å². The van der Waals surface area contributed by atoms with Crippen molar-refractivity contribution in [2.45, 2.75) is 37.6 Å². The zero-order chi connectivity index (χ0) is 19.4. The Morgan fingerprint density at radius 2 is 2.04 bits per heavy atom. The van der Waals surface area contributed by atoms with Gasteiger partial charge >= 0.3 is 0 Å². The number of benzene rings is 1. The fraction of sp³-hybridized carbons (Fsp3) is 0.421. The Kier molecular flexibility index (Phi) is 4.11. The van der Waals surface area contributed by atoms with Crippen LogP contribution in [0.1, 0.15) is 29.3 Å². The fourth-order valence-corrected chi connectivity index (χ4v) is 4.64. The van der Waals surface area contributed by atoms with Gasteiger partial charge in [0.15, 0.2) is 5.65 Å². The van der Waals surface area contributed by atoms with Crippen LogP contribution < -0.4 is 5.73 Å². The van der Waals surface area contributed by atoms with E-state index >= 15 is 0 Å². The Bertz CT molecular complexity index is 1020. The Labute approximate surface area is 160 Å². The van der Waals surface area contributed by atoms with Crippen LogP contribution in [0.25, 0.3) is 5.65 Å². The molecule has 146 valence electrons. The number of likely N-dealkylation sites (N-methyl/N-ethyl adjacent to an activating group) is 1. The molecule has 4 heterocycles. The van der Waals surface area contributed by atoms with Gasteiger partial charge in [0.25, 0.3) is 0 Å². The second kappa shape index (κ2) is 6.54. The molecule has 9 heteroatoms. The summed E-state index contributed by atoms with van der Waals surface area (Å²) in [6.45, 7) is 2.17. The number of likely N-dealkylation sites (tertiary alicyclic amines) is 1. The van der Waals surface area contributed by atoms with Gasteiger partial charge in [-0.1, -0.05) is 0 Å². The van der Waals surface area contributed by atoms with Crippen molar-refractivity contribution >= 4 is 5.65 Å². The zero-order valence-electron chi connectivity index (χ0n) is 15.5. The zero-order valence-corrected chi connectivity index (χ0v) is 15.5. The van der Waals surface area contributed by atoms with Crippen molar-refractivity contribution in [3.8, 4) is 0 Å². The molecule has 1 saturated heterocycles. The number of piperidine rings is 1. The molecule has 0 radical (unpaired) electrons. The minimum atomic E-state index is -0.446. The van der Waals surface area contributed by atoms with E-state index in [9.17, 15) is 8.78 Å². The molecule has 1 fully saturated rings. The van der Waals surface area contributed by atoms with Gasteiger partial charge in [-0.3, -0.25) is 9.80 Å². The monoisotopic (exact) mass is 385 g/mol. The lowest BCUT2D eigenvalue weighted by Crippen LogP contribution is -2.54. The van der Waals surface area contributed by atoms with E-state index in [-0.39, 0.29) is 18.1 Å². The Morgan fingerprint density at radius 3 is 2.86 bits per heavy atom. The number of fused-ring (bicyclic) bond motifs is 3. The molecule has 0 bridgehead atoms. The first-order valence-electron chi connectivity index (χ1n) is 9.34. The maximum Gasteiger partial charge on any atom is 0.180 e. The summed E-state index contributed by atoms with van der Waals surface area (Å²) in [6.07, 6.45) is 3.99. The third-order valence-electron chi connectivity index (χ3n) is 5.89. The minimum Gasteiger partial charge on any atom is -0.326 e. The maximum absolute atomic E-state index is 14.3. The lowest BCUT2D eigenvalue weighted by Gasteiger charge is -2.44. The fourth-order valence-electron chi connectivity index (χ4n) is 4.64. The molecule has 2 unspecified atom stereocenters. The molecular weight excluding hydrogens is 364 g/mol. The number of halogens is 2. The van der Waals surface area contributed by atoms with Gasteiger partial charge in [-0.2, -0.15) is 10.2 Å². The van der Waals surface area contributed by atoms with E-state index in [2.05, 4.69) is 20.1 Å². The third kappa shape index (κ3) is 2.78. The van der Waals surface area contributed by atoms with Crippen LogP contribution in [-0.2, 0) is 13.1 Å². The summed E-state index contributed by atoms with van der Waals surface area (Å²) < 4.78 is 29.5. The van der Waals surface area contributed by atoms with Gasteiger partial charge in [-0.05, 0) is 31.7 Å². The largest absolute Gasteiger partial charge is 0.326 e. The Hall–Kier alpha value is -2.49. The van der Waals surface area contributed by atoms with Crippen molar-refractivity contribution in [1.82, 2.24) is 29.6 Å². The summed E-state index contributed by atoms with van der Waals surface area (Å²) in [5.74, 6) is -0.863. The first kappa shape index (κ1) is 17.6. The van der Waals surface area contributed by atoms with Crippen molar-refractivity contribution in [3.05, 3.63) is 59.0 Å². The minimum absolute atomic E-state index is 0.207. The van der Waals surface area contributed by atoms with Gasteiger partial charge in [-0.15, -0.1) is 4.63 Å². The number of hydrogen-bond acceptors (Lipinski definition) is 6. The summed E-state index contributed by atoms with van der Waals surface area (Å²) in [4.78, 5) is 8.75. The van der Waals surface area contributed by atoms with Gasteiger partial charge in [0.2, 0.25) is 0 Å². The maximum atomic E-state index is 14.3. The van der Waals surface area contributed by atoms with E-state index in [0.717, 1.165) is 36.1 Å². The van der Waals surface area contributed by atoms with Gasteiger partial charge in [-0.25, -0.2) is 13.8 Å². The highest BCUT2D eigenvalue weighted by Gasteiger charge is 2.39. The van der Waals surface area contributed by atoms with E-state index in [1.165, 1.54) is 12.1 Å². The number of nitrogens with zero attached hydrogens (tertiary/aromatic N) is 6. The SMILES string of the molecule is CN1CC(N2Cc3nn4nccnc4c3C2)CC(N)[C@H]1c1cc(F)ccc1F. The van der Waals surface area contributed by atoms with Gasteiger partial charge in [0.1, 0.15) is 11.6 Å². The lowest BCUT2D eigenvalue weighted by molar-refractivity contribution is 0.0586. The first-order chi connectivity index (χ1) is 13.5. The summed E-state index contributed by atoms with van der Waals surface area (Å²) in [7, 11) is 1.92. The van der Waals surface area contributed by atoms with E-state index < -0.39 is 11.6 Å². The topological polar surface area (TPSA) is 75.6 Å². The Morgan fingerprint density at radius 1 is 1.18 bits per heavy atom. The van der Waals surface area contributed by atoms with E-state index in [1.807, 2.05) is 11.9 Å². The predicted molar refractivity (Wildman–Crippen MR) is 98.1 cm³/mol. The highest BCUT2D eigenvalue weighted by molar-refractivity contribution is 5.50. The highest BCUT2D eigenvalue weighted by atomic mass is 19.1. The van der Waals surface area contributed by atoms with Crippen molar-refractivity contribution < 1.29 is 8.78 Å². The number of aromatic nitrogens is 4. The van der Waals surface area contributed by atoms with Crippen LogP contribution in [0, 0.1) is 11.6 Å². The molecule has 2 N–H and O–H groups in total. The number of hydrogen-bond donors (Lipinski definition) is 1. The van der Waals surface area contributed by atoms with Crippen LogP contribution in [0.5, 0.6) is 0 Å². The third-order valence-corrected chi connectivity index (χ3v) is 5.89. The first-order valence-corrected chi connectivity index (χ1v) is 9.34. The smallest absolute Gasteiger partial charge is 0.180 e. The van der Waals surface area contributed by atoms with Gasteiger partial charge in [0, 0.05) is 49.0 Å². The predicted octanol–water partition coefficient (Wildman–Crippen LogP) is 1.49. The standard InChI is InChI=1S/C19H21F2N7/c1-26-8-12(7-16(22)18(26)13-6-11(20)2-3-15(13)21)27-9-14-17(10-27)25-28-19(14)23-4-5-24-28/h2-6,12,16,18H,7-10,22H2,1H3/t12?,16?,18-/m1/s1. The van der Waals surface area contributed by atoms with Crippen LogP contribution in [0.3, 0.4) is 0 Å².